The second kappa shape index (κ2) is 9.92. The number of piperazine rings is 1. The first kappa shape index (κ1) is 22.0. The molecule has 0 unspecified atom stereocenters. The van der Waals surface area contributed by atoms with Crippen LogP contribution in [0, 0.1) is 12.8 Å². The second-order valence-corrected chi connectivity index (χ2v) is 9.08. The summed E-state index contributed by atoms with van der Waals surface area (Å²) in [7, 11) is 1.70. The molecular formula is C25H32ClN3O2. The average Bonchev–Trinajstić information content (AvgIpc) is 2.81. The molecule has 0 N–H and O–H groups in total. The quantitative estimate of drug-likeness (QED) is 0.696. The van der Waals surface area contributed by atoms with Gasteiger partial charge in [-0.3, -0.25) is 9.69 Å². The predicted molar refractivity (Wildman–Crippen MR) is 126 cm³/mol. The van der Waals surface area contributed by atoms with Gasteiger partial charge in [0.15, 0.2) is 0 Å². The molecule has 2 saturated heterocycles. The van der Waals surface area contributed by atoms with Gasteiger partial charge in [-0.25, -0.2) is 0 Å². The van der Waals surface area contributed by atoms with Gasteiger partial charge in [-0.1, -0.05) is 29.8 Å². The Morgan fingerprint density at radius 2 is 1.77 bits per heavy atom. The molecule has 2 heterocycles. The van der Waals surface area contributed by atoms with Gasteiger partial charge in [-0.15, -0.1) is 0 Å². The van der Waals surface area contributed by atoms with Crippen molar-refractivity contribution >= 4 is 23.2 Å². The number of methoxy groups -OCH3 is 1. The number of nitrogens with zero attached hydrogens (tertiary/aromatic N) is 3. The van der Waals surface area contributed by atoms with Crippen molar-refractivity contribution in [1.82, 2.24) is 9.80 Å². The Balaban J connectivity index is 1.26. The zero-order valence-corrected chi connectivity index (χ0v) is 19.3. The summed E-state index contributed by atoms with van der Waals surface area (Å²) < 4.78 is 5.33. The van der Waals surface area contributed by atoms with Gasteiger partial charge in [0, 0.05) is 49.4 Å². The molecule has 2 aliphatic heterocycles. The van der Waals surface area contributed by atoms with E-state index in [2.05, 4.69) is 39.8 Å². The number of likely N-dealkylation sites (tertiary alicyclic amines) is 1. The third-order valence-electron chi connectivity index (χ3n) is 6.58. The van der Waals surface area contributed by atoms with Gasteiger partial charge < -0.3 is 14.5 Å². The van der Waals surface area contributed by atoms with Crippen molar-refractivity contribution in [2.24, 2.45) is 5.92 Å². The average molecular weight is 442 g/mol. The molecule has 5 nitrogen and oxygen atoms in total. The molecule has 4 rings (SSSR count). The highest BCUT2D eigenvalue weighted by atomic mass is 35.5. The van der Waals surface area contributed by atoms with Crippen LogP contribution in [-0.2, 0) is 11.3 Å². The van der Waals surface area contributed by atoms with Gasteiger partial charge in [0.2, 0.25) is 5.91 Å². The van der Waals surface area contributed by atoms with Crippen molar-refractivity contribution in [3.05, 3.63) is 58.6 Å². The van der Waals surface area contributed by atoms with E-state index in [-0.39, 0.29) is 5.92 Å². The van der Waals surface area contributed by atoms with Gasteiger partial charge in [0.05, 0.1) is 7.11 Å². The maximum absolute atomic E-state index is 13.1. The van der Waals surface area contributed by atoms with E-state index in [1.807, 2.05) is 24.3 Å². The van der Waals surface area contributed by atoms with E-state index in [1.54, 1.807) is 7.11 Å². The number of benzene rings is 2. The van der Waals surface area contributed by atoms with E-state index >= 15 is 0 Å². The highest BCUT2D eigenvalue weighted by Gasteiger charge is 2.30. The number of amides is 1. The fourth-order valence-electron chi connectivity index (χ4n) is 4.72. The maximum Gasteiger partial charge on any atom is 0.225 e. The van der Waals surface area contributed by atoms with Crippen LogP contribution in [-0.4, -0.2) is 62.1 Å². The second-order valence-electron chi connectivity index (χ2n) is 8.65. The SMILES string of the molecule is COc1cccc(CN2CCC(C(=O)N3CCN(c4cc(Cl)ccc4C)CC3)CC2)c1. The van der Waals surface area contributed by atoms with Crippen molar-refractivity contribution < 1.29 is 9.53 Å². The molecule has 2 fully saturated rings. The molecule has 0 bridgehead atoms. The molecule has 6 heteroatoms. The summed E-state index contributed by atoms with van der Waals surface area (Å²) in [6.45, 7) is 8.26. The fraction of sp³-hybridized carbons (Fsp3) is 0.480. The lowest BCUT2D eigenvalue weighted by Crippen LogP contribution is -2.51. The Morgan fingerprint density at radius 1 is 1.03 bits per heavy atom. The summed E-state index contributed by atoms with van der Waals surface area (Å²) in [5.74, 6) is 1.39. The Morgan fingerprint density at radius 3 is 2.48 bits per heavy atom. The standard InChI is InChI=1S/C25H32ClN3O2/c1-19-6-7-22(26)17-24(19)28-12-14-29(15-13-28)25(30)21-8-10-27(11-9-21)18-20-4-3-5-23(16-20)31-2/h3-7,16-17,21H,8-15,18H2,1-2H3. The molecule has 0 aliphatic carbocycles. The predicted octanol–water partition coefficient (Wildman–Crippen LogP) is 4.22. The largest absolute Gasteiger partial charge is 0.497 e. The summed E-state index contributed by atoms with van der Waals surface area (Å²) >= 11 is 6.19. The lowest BCUT2D eigenvalue weighted by atomic mass is 9.94. The number of ether oxygens (including phenoxy) is 1. The third kappa shape index (κ3) is 5.34. The first-order valence-electron chi connectivity index (χ1n) is 11.2. The Kier molecular flexibility index (Phi) is 7.03. The molecule has 0 atom stereocenters. The molecule has 31 heavy (non-hydrogen) atoms. The number of hydrogen-bond acceptors (Lipinski definition) is 4. The lowest BCUT2D eigenvalue weighted by molar-refractivity contribution is -0.137. The van der Waals surface area contributed by atoms with Crippen LogP contribution >= 0.6 is 11.6 Å². The van der Waals surface area contributed by atoms with E-state index in [0.29, 0.717) is 5.91 Å². The minimum atomic E-state index is 0.154. The molecule has 1 amide bonds. The number of hydrogen-bond donors (Lipinski definition) is 0. The van der Waals surface area contributed by atoms with Crippen LogP contribution < -0.4 is 9.64 Å². The van der Waals surface area contributed by atoms with Crippen molar-refractivity contribution in [3.63, 3.8) is 0 Å². The monoisotopic (exact) mass is 441 g/mol. The molecule has 2 aromatic carbocycles. The minimum Gasteiger partial charge on any atom is -0.497 e. The smallest absolute Gasteiger partial charge is 0.225 e. The van der Waals surface area contributed by atoms with Crippen LogP contribution in [0.5, 0.6) is 5.75 Å². The number of aryl methyl sites for hydroxylation is 1. The van der Waals surface area contributed by atoms with Crippen LogP contribution in [0.4, 0.5) is 5.69 Å². The molecule has 0 spiro atoms. The van der Waals surface area contributed by atoms with Crippen LogP contribution in [0.2, 0.25) is 5.02 Å². The third-order valence-corrected chi connectivity index (χ3v) is 6.82. The van der Waals surface area contributed by atoms with Crippen molar-refractivity contribution in [2.45, 2.75) is 26.3 Å². The molecule has 0 aromatic heterocycles. The normalized spacial score (nSPS) is 18.3. The Bertz CT molecular complexity index is 903. The van der Waals surface area contributed by atoms with E-state index in [4.69, 9.17) is 16.3 Å². The number of halogens is 1. The molecule has 2 aliphatic rings. The molecule has 2 aromatic rings. The minimum absolute atomic E-state index is 0.154. The van der Waals surface area contributed by atoms with Gasteiger partial charge in [-0.05, 0) is 68.2 Å². The summed E-state index contributed by atoms with van der Waals surface area (Å²) in [6.07, 6.45) is 1.88. The van der Waals surface area contributed by atoms with Crippen LogP contribution in [0.15, 0.2) is 42.5 Å². The Hall–Kier alpha value is -2.24. The number of carbonyl (C=O) groups is 1. The van der Waals surface area contributed by atoms with Crippen LogP contribution in [0.1, 0.15) is 24.0 Å². The summed E-state index contributed by atoms with van der Waals surface area (Å²) in [4.78, 5) is 20.0. The number of piperidine rings is 1. The topological polar surface area (TPSA) is 36.0 Å². The molecule has 0 saturated carbocycles. The van der Waals surface area contributed by atoms with E-state index < -0.39 is 0 Å². The van der Waals surface area contributed by atoms with Gasteiger partial charge in [0.25, 0.3) is 0 Å². The highest BCUT2D eigenvalue weighted by Crippen LogP contribution is 2.27. The fourth-order valence-corrected chi connectivity index (χ4v) is 4.88. The van der Waals surface area contributed by atoms with Crippen LogP contribution in [0.3, 0.4) is 0 Å². The number of rotatable bonds is 5. The number of carbonyl (C=O) groups excluding carboxylic acids is 1. The molecule has 166 valence electrons. The molecular weight excluding hydrogens is 410 g/mol. The van der Waals surface area contributed by atoms with Gasteiger partial charge in [0.1, 0.15) is 5.75 Å². The van der Waals surface area contributed by atoms with Gasteiger partial charge >= 0.3 is 0 Å². The maximum atomic E-state index is 13.1. The zero-order chi connectivity index (χ0) is 21.8. The molecule has 0 radical (unpaired) electrons. The Labute approximate surface area is 190 Å². The summed E-state index contributed by atoms with van der Waals surface area (Å²) in [6, 6.07) is 14.3. The van der Waals surface area contributed by atoms with Gasteiger partial charge in [-0.2, -0.15) is 0 Å². The van der Waals surface area contributed by atoms with E-state index in [1.165, 1.54) is 16.8 Å². The first-order chi connectivity index (χ1) is 15.0. The van der Waals surface area contributed by atoms with E-state index in [0.717, 1.165) is 69.4 Å². The van der Waals surface area contributed by atoms with Crippen molar-refractivity contribution in [3.8, 4) is 5.75 Å². The summed E-state index contributed by atoms with van der Waals surface area (Å²) in [5, 5.41) is 0.764. The van der Waals surface area contributed by atoms with Crippen molar-refractivity contribution in [2.75, 3.05) is 51.3 Å². The summed E-state index contributed by atoms with van der Waals surface area (Å²) in [5.41, 5.74) is 3.68. The highest BCUT2D eigenvalue weighted by molar-refractivity contribution is 6.30. The lowest BCUT2D eigenvalue weighted by Gasteiger charge is -2.39. The zero-order valence-electron chi connectivity index (χ0n) is 18.5. The van der Waals surface area contributed by atoms with Crippen LogP contribution in [0.25, 0.3) is 0 Å². The van der Waals surface area contributed by atoms with E-state index in [9.17, 15) is 4.79 Å². The first-order valence-corrected chi connectivity index (χ1v) is 11.6. The van der Waals surface area contributed by atoms with Crippen molar-refractivity contribution in [1.29, 1.82) is 0 Å². The number of anilines is 1.